The number of aromatic nitrogens is 4. The molecule has 47 heavy (non-hydrogen) atoms. The second-order valence-electron chi connectivity index (χ2n) is 14.2. The summed E-state index contributed by atoms with van der Waals surface area (Å²) in [6.45, 7) is 14.1. The van der Waals surface area contributed by atoms with E-state index in [1.54, 1.807) is 0 Å². The van der Waals surface area contributed by atoms with Crippen molar-refractivity contribution >= 4 is 22.1 Å². The van der Waals surface area contributed by atoms with E-state index in [2.05, 4.69) is 131 Å². The van der Waals surface area contributed by atoms with Crippen molar-refractivity contribution in [1.29, 1.82) is 0 Å². The van der Waals surface area contributed by atoms with Gasteiger partial charge in [-0.15, -0.1) is 16.4 Å². The Hall–Kier alpha value is -4.09. The molecule has 1 unspecified atom stereocenters. The first-order valence-corrected chi connectivity index (χ1v) is 18.5. The lowest BCUT2D eigenvalue weighted by atomic mass is 9.72. The van der Waals surface area contributed by atoms with Crippen LogP contribution in [0.1, 0.15) is 101 Å². The third-order valence-electron chi connectivity index (χ3n) is 11.5. The fourth-order valence-corrected chi connectivity index (χ4v) is 10.3. The molecule has 0 N–H and O–H groups in total. The summed E-state index contributed by atoms with van der Waals surface area (Å²) < 4.78 is 4.62. The summed E-state index contributed by atoms with van der Waals surface area (Å²) in [4.78, 5) is 1.48. The van der Waals surface area contributed by atoms with Crippen LogP contribution < -0.4 is 4.57 Å². The second kappa shape index (κ2) is 11.3. The van der Waals surface area contributed by atoms with Crippen LogP contribution in [0, 0.1) is 0 Å². The van der Waals surface area contributed by atoms with Gasteiger partial charge < -0.3 is 0 Å². The van der Waals surface area contributed by atoms with Crippen LogP contribution in [0.25, 0.3) is 49.4 Å². The Labute approximate surface area is 283 Å². The minimum Gasteiger partial charge on any atom is -0.210 e. The molecule has 8 rings (SSSR count). The molecule has 0 spiro atoms. The zero-order valence-corrected chi connectivity index (χ0v) is 29.4. The number of hydrogen-bond donors (Lipinski definition) is 0. The summed E-state index contributed by atoms with van der Waals surface area (Å²) in [6, 6.07) is 27.6. The Bertz CT molecular complexity index is 2140. The van der Waals surface area contributed by atoms with E-state index in [9.17, 15) is 0 Å². The Morgan fingerprint density at radius 1 is 0.851 bits per heavy atom. The Morgan fingerprint density at radius 2 is 1.68 bits per heavy atom. The summed E-state index contributed by atoms with van der Waals surface area (Å²) in [5.41, 5.74) is 11.7. The van der Waals surface area contributed by atoms with Crippen LogP contribution in [0.4, 0.5) is 0 Å². The SMILES string of the molecule is CCCCc1ccc2c(c1)-c1ccc(-c3cn(-c4cc5c(s4)C(CC)C(CC)(CC)[n+]4ccc6ccccc6c4-5)nn3)cc1C2(C)C. The van der Waals surface area contributed by atoms with Crippen LogP contribution >= 0.6 is 11.3 Å². The van der Waals surface area contributed by atoms with Gasteiger partial charge in [0.15, 0.2) is 11.7 Å². The predicted octanol–water partition coefficient (Wildman–Crippen LogP) is 10.8. The van der Waals surface area contributed by atoms with Crippen molar-refractivity contribution in [3.8, 4) is 38.6 Å². The van der Waals surface area contributed by atoms with Crippen molar-refractivity contribution in [1.82, 2.24) is 15.0 Å². The normalized spacial score (nSPS) is 16.9. The van der Waals surface area contributed by atoms with Gasteiger partial charge in [-0.2, -0.15) is 4.57 Å². The molecule has 6 aromatic rings. The first-order chi connectivity index (χ1) is 22.8. The molecule has 2 aliphatic rings. The Kier molecular flexibility index (Phi) is 7.25. The number of fused-ring (bicyclic) bond motifs is 8. The largest absolute Gasteiger partial charge is 0.222 e. The molecule has 0 saturated carbocycles. The van der Waals surface area contributed by atoms with E-state index in [4.69, 9.17) is 10.3 Å². The van der Waals surface area contributed by atoms with E-state index < -0.39 is 0 Å². The third kappa shape index (κ3) is 4.42. The first-order valence-electron chi connectivity index (χ1n) is 17.6. The topological polar surface area (TPSA) is 34.6 Å². The molecule has 1 aliphatic heterocycles. The first kappa shape index (κ1) is 30.3. The zero-order valence-electron chi connectivity index (χ0n) is 28.6. The minimum absolute atomic E-state index is 0.0440. The standard InChI is InChI=1S/C42H45N4S/c1-7-11-14-27-17-20-35-32(23-27)31-19-18-29(24-36(31)41(35,5)6)37-26-46(44-43-37)38-25-33-39-30-16-13-12-15-28(30)21-22-45(39)42(9-3,10-4)34(8-2)40(33)47-38/h12-13,15-26,34H,7-11,14H2,1-6H3/q+1. The quantitative estimate of drug-likeness (QED) is 0.156. The van der Waals surface area contributed by atoms with E-state index in [0.717, 1.165) is 41.9 Å². The highest BCUT2D eigenvalue weighted by molar-refractivity contribution is 7.15. The van der Waals surface area contributed by atoms with Gasteiger partial charge in [-0.25, -0.2) is 4.68 Å². The summed E-state index contributed by atoms with van der Waals surface area (Å²) in [6.07, 6.45) is 11.4. The lowest BCUT2D eigenvalue weighted by Crippen LogP contribution is -2.61. The zero-order chi connectivity index (χ0) is 32.5. The van der Waals surface area contributed by atoms with Crippen molar-refractivity contribution in [2.45, 2.75) is 96.9 Å². The second-order valence-corrected chi connectivity index (χ2v) is 15.2. The Morgan fingerprint density at radius 3 is 2.47 bits per heavy atom. The van der Waals surface area contributed by atoms with Crippen LogP contribution in [0.3, 0.4) is 0 Å². The Balaban J connectivity index is 1.20. The molecule has 1 atom stereocenters. The molecule has 0 saturated heterocycles. The molecule has 4 nitrogen and oxygen atoms in total. The van der Waals surface area contributed by atoms with Crippen LogP contribution in [0.15, 0.2) is 85.2 Å². The van der Waals surface area contributed by atoms with Crippen molar-refractivity contribution in [3.63, 3.8) is 0 Å². The molecule has 1 aliphatic carbocycles. The van der Waals surface area contributed by atoms with E-state index in [1.807, 2.05) is 16.0 Å². The van der Waals surface area contributed by atoms with Crippen LogP contribution in [-0.2, 0) is 17.4 Å². The highest BCUT2D eigenvalue weighted by Crippen LogP contribution is 2.52. The lowest BCUT2D eigenvalue weighted by molar-refractivity contribution is -0.761. The third-order valence-corrected chi connectivity index (χ3v) is 12.8. The molecule has 0 bridgehead atoms. The number of benzene rings is 3. The predicted molar refractivity (Wildman–Crippen MR) is 196 cm³/mol. The summed E-state index contributed by atoms with van der Waals surface area (Å²) >= 11 is 1.90. The van der Waals surface area contributed by atoms with Crippen LogP contribution in [-0.4, -0.2) is 15.0 Å². The number of rotatable bonds is 8. The van der Waals surface area contributed by atoms with Crippen molar-refractivity contribution < 1.29 is 4.57 Å². The summed E-state index contributed by atoms with van der Waals surface area (Å²) in [5, 5.41) is 13.2. The van der Waals surface area contributed by atoms with Gasteiger partial charge in [0.2, 0.25) is 5.69 Å². The fraction of sp³-hybridized carbons (Fsp3) is 0.357. The van der Waals surface area contributed by atoms with E-state index in [-0.39, 0.29) is 11.0 Å². The van der Waals surface area contributed by atoms with Gasteiger partial charge in [0, 0.05) is 34.8 Å². The molecule has 3 aromatic carbocycles. The summed E-state index contributed by atoms with van der Waals surface area (Å²) in [7, 11) is 0. The van der Waals surface area contributed by atoms with Crippen molar-refractivity contribution in [2.75, 3.05) is 0 Å². The molecular weight excluding hydrogens is 593 g/mol. The van der Waals surface area contributed by atoms with Gasteiger partial charge in [-0.3, -0.25) is 0 Å². The molecule has 3 aromatic heterocycles. The molecule has 5 heteroatoms. The monoisotopic (exact) mass is 637 g/mol. The number of thiophene rings is 1. The van der Waals surface area contributed by atoms with Gasteiger partial charge in [-0.1, -0.05) is 102 Å². The summed E-state index contributed by atoms with van der Waals surface area (Å²) in [5.74, 6) is 0.441. The smallest absolute Gasteiger partial charge is 0.210 e. The van der Waals surface area contributed by atoms with Crippen LogP contribution in [0.2, 0.25) is 0 Å². The van der Waals surface area contributed by atoms with Gasteiger partial charge in [0.25, 0.3) is 0 Å². The van der Waals surface area contributed by atoms with Gasteiger partial charge >= 0.3 is 0 Å². The lowest BCUT2D eigenvalue weighted by Gasteiger charge is -2.38. The van der Waals surface area contributed by atoms with Crippen molar-refractivity contribution in [2.24, 2.45) is 0 Å². The molecular formula is C42H45N4S+. The number of aryl methyl sites for hydroxylation is 1. The van der Waals surface area contributed by atoms with E-state index in [1.165, 1.54) is 67.6 Å². The van der Waals surface area contributed by atoms with Gasteiger partial charge in [0.05, 0.1) is 23.1 Å². The van der Waals surface area contributed by atoms with Crippen molar-refractivity contribution in [3.05, 3.63) is 107 Å². The minimum atomic E-state index is -0.0547. The molecule has 0 radical (unpaired) electrons. The maximum absolute atomic E-state index is 4.75. The van der Waals surface area contributed by atoms with Crippen LogP contribution in [0.5, 0.6) is 0 Å². The van der Waals surface area contributed by atoms with E-state index >= 15 is 0 Å². The highest BCUT2D eigenvalue weighted by atomic mass is 32.1. The average Bonchev–Trinajstić information content (AvgIpc) is 3.82. The molecule has 0 fully saturated rings. The molecule has 0 amide bonds. The number of nitrogens with zero attached hydrogens (tertiary/aromatic N) is 4. The highest BCUT2D eigenvalue weighted by Gasteiger charge is 2.52. The number of hydrogen-bond acceptors (Lipinski definition) is 3. The number of pyridine rings is 1. The fourth-order valence-electron chi connectivity index (χ4n) is 8.87. The maximum Gasteiger partial charge on any atom is 0.222 e. The average molecular weight is 638 g/mol. The number of unbranched alkanes of at least 4 members (excludes halogenated alkanes) is 1. The van der Waals surface area contributed by atoms with E-state index in [0.29, 0.717) is 5.92 Å². The molecule has 238 valence electrons. The van der Waals surface area contributed by atoms with Gasteiger partial charge in [-0.05, 0) is 70.7 Å². The molecule has 4 heterocycles. The van der Waals surface area contributed by atoms with Gasteiger partial charge in [0.1, 0.15) is 10.7 Å². The maximum atomic E-state index is 4.75.